The van der Waals surface area contributed by atoms with Gasteiger partial charge in [0.1, 0.15) is 11.8 Å². The zero-order valence-corrected chi connectivity index (χ0v) is 15.6. The van der Waals surface area contributed by atoms with Crippen LogP contribution in [0, 0.1) is 0 Å². The molecule has 1 amide bonds. The Morgan fingerprint density at radius 3 is 2.16 bits per heavy atom. The highest BCUT2D eigenvalue weighted by Gasteiger charge is 2.29. The van der Waals surface area contributed by atoms with Crippen LogP contribution < -0.4 is 14.4 Å². The number of hydrogen-bond acceptors (Lipinski definition) is 4. The van der Waals surface area contributed by atoms with E-state index in [9.17, 15) is 13.2 Å². The van der Waals surface area contributed by atoms with Crippen LogP contribution in [0.15, 0.2) is 48.5 Å². The van der Waals surface area contributed by atoms with E-state index in [2.05, 4.69) is 5.32 Å². The molecule has 2 aromatic carbocycles. The maximum Gasteiger partial charge on any atom is 0.247 e. The molecular formula is C17H19ClN2O4S. The molecule has 134 valence electrons. The van der Waals surface area contributed by atoms with Crippen LogP contribution in [0.2, 0.25) is 5.02 Å². The monoisotopic (exact) mass is 382 g/mol. The molecule has 8 heteroatoms. The molecule has 1 atom stereocenters. The van der Waals surface area contributed by atoms with Crippen molar-refractivity contribution in [1.29, 1.82) is 0 Å². The molecule has 0 saturated carbocycles. The largest absolute Gasteiger partial charge is 0.497 e. The minimum absolute atomic E-state index is 0.377. The molecule has 6 nitrogen and oxygen atoms in total. The molecule has 25 heavy (non-hydrogen) atoms. The van der Waals surface area contributed by atoms with Gasteiger partial charge < -0.3 is 10.1 Å². The van der Waals surface area contributed by atoms with Gasteiger partial charge in [-0.2, -0.15) is 0 Å². The number of amides is 1. The van der Waals surface area contributed by atoms with Gasteiger partial charge in [-0.1, -0.05) is 11.6 Å². The molecule has 0 aliphatic heterocycles. The van der Waals surface area contributed by atoms with Gasteiger partial charge in [-0.05, 0) is 55.5 Å². The van der Waals surface area contributed by atoms with Crippen molar-refractivity contribution in [1.82, 2.24) is 0 Å². The van der Waals surface area contributed by atoms with Crippen LogP contribution in [-0.2, 0) is 14.8 Å². The summed E-state index contributed by atoms with van der Waals surface area (Å²) in [5, 5.41) is 3.23. The molecule has 0 saturated heterocycles. The Morgan fingerprint density at radius 1 is 1.12 bits per heavy atom. The maximum absolute atomic E-state index is 12.5. The van der Waals surface area contributed by atoms with E-state index in [0.29, 0.717) is 22.1 Å². The molecule has 0 fully saturated rings. The number of carbonyl (C=O) groups excluding carboxylic acids is 1. The van der Waals surface area contributed by atoms with Gasteiger partial charge in [0.25, 0.3) is 0 Å². The van der Waals surface area contributed by atoms with E-state index in [0.717, 1.165) is 10.6 Å². The van der Waals surface area contributed by atoms with Crippen molar-refractivity contribution < 1.29 is 17.9 Å². The SMILES string of the molecule is COc1ccc(N(C(C)C(=O)Nc2ccc(Cl)cc2)S(C)(=O)=O)cc1. The summed E-state index contributed by atoms with van der Waals surface area (Å²) in [5.41, 5.74) is 0.909. The Morgan fingerprint density at radius 2 is 1.68 bits per heavy atom. The van der Waals surface area contributed by atoms with E-state index in [1.165, 1.54) is 14.0 Å². The normalized spacial score (nSPS) is 12.3. The van der Waals surface area contributed by atoms with Crippen molar-refractivity contribution >= 4 is 38.9 Å². The fraction of sp³-hybridized carbons (Fsp3) is 0.235. The Balaban J connectivity index is 2.27. The molecule has 0 aliphatic rings. The van der Waals surface area contributed by atoms with Crippen LogP contribution in [0.3, 0.4) is 0 Å². The Bertz CT molecular complexity index is 836. The number of anilines is 2. The summed E-state index contributed by atoms with van der Waals surface area (Å²) < 4.78 is 30.6. The van der Waals surface area contributed by atoms with E-state index < -0.39 is 22.0 Å². The molecule has 0 radical (unpaired) electrons. The Labute approximate surface area is 152 Å². The Kier molecular flexibility index (Phi) is 5.92. The number of hydrogen-bond donors (Lipinski definition) is 1. The highest BCUT2D eigenvalue weighted by molar-refractivity contribution is 7.92. The molecule has 1 N–H and O–H groups in total. The minimum Gasteiger partial charge on any atom is -0.497 e. The summed E-state index contributed by atoms with van der Waals surface area (Å²) in [6.07, 6.45) is 1.06. The van der Waals surface area contributed by atoms with Crippen LogP contribution in [0.4, 0.5) is 11.4 Å². The summed E-state index contributed by atoms with van der Waals surface area (Å²) in [4.78, 5) is 12.5. The lowest BCUT2D eigenvalue weighted by Gasteiger charge is -2.28. The second-order valence-corrected chi connectivity index (χ2v) is 7.72. The minimum atomic E-state index is -3.67. The summed E-state index contributed by atoms with van der Waals surface area (Å²) in [5.74, 6) is 0.138. The van der Waals surface area contributed by atoms with Crippen molar-refractivity contribution in [3.05, 3.63) is 53.6 Å². The summed E-state index contributed by atoms with van der Waals surface area (Å²) in [6, 6.07) is 12.1. The fourth-order valence-electron chi connectivity index (χ4n) is 2.32. The summed E-state index contributed by atoms with van der Waals surface area (Å²) >= 11 is 5.82. The van der Waals surface area contributed by atoms with Crippen LogP contribution in [0.1, 0.15) is 6.92 Å². The van der Waals surface area contributed by atoms with Crippen molar-refractivity contribution in [3.8, 4) is 5.75 Å². The van der Waals surface area contributed by atoms with E-state index in [1.807, 2.05) is 0 Å². The maximum atomic E-state index is 12.5. The standard InChI is InChI=1S/C17H19ClN2O4S/c1-12(17(21)19-14-6-4-13(18)5-7-14)20(25(3,22)23)15-8-10-16(24-2)11-9-15/h4-12H,1-3H3,(H,19,21). The second kappa shape index (κ2) is 7.76. The molecule has 2 aromatic rings. The second-order valence-electron chi connectivity index (χ2n) is 5.43. The average molecular weight is 383 g/mol. The molecule has 0 bridgehead atoms. The zero-order chi connectivity index (χ0) is 18.6. The van der Waals surface area contributed by atoms with E-state index in [4.69, 9.17) is 16.3 Å². The third-order valence-corrected chi connectivity index (χ3v) is 5.02. The number of ether oxygens (including phenoxy) is 1. The van der Waals surface area contributed by atoms with Gasteiger partial charge in [0, 0.05) is 10.7 Å². The molecular weight excluding hydrogens is 364 g/mol. The van der Waals surface area contributed by atoms with Gasteiger partial charge >= 0.3 is 0 Å². The van der Waals surface area contributed by atoms with E-state index in [-0.39, 0.29) is 0 Å². The first-order valence-electron chi connectivity index (χ1n) is 7.42. The molecule has 0 aromatic heterocycles. The summed E-state index contributed by atoms with van der Waals surface area (Å²) in [7, 11) is -2.15. The lowest BCUT2D eigenvalue weighted by molar-refractivity contribution is -0.116. The third-order valence-electron chi connectivity index (χ3n) is 3.53. The number of rotatable bonds is 6. The highest BCUT2D eigenvalue weighted by Crippen LogP contribution is 2.24. The first-order valence-corrected chi connectivity index (χ1v) is 9.65. The van der Waals surface area contributed by atoms with Crippen molar-refractivity contribution in [2.24, 2.45) is 0 Å². The predicted molar refractivity (Wildman–Crippen MR) is 99.9 cm³/mol. The van der Waals surface area contributed by atoms with Gasteiger partial charge in [-0.15, -0.1) is 0 Å². The first kappa shape index (κ1) is 19.1. The highest BCUT2D eigenvalue weighted by atomic mass is 35.5. The van der Waals surface area contributed by atoms with Crippen molar-refractivity contribution in [3.63, 3.8) is 0 Å². The lowest BCUT2D eigenvalue weighted by atomic mass is 10.2. The number of carbonyl (C=O) groups is 1. The van der Waals surface area contributed by atoms with Gasteiger partial charge in [-0.3, -0.25) is 9.10 Å². The van der Waals surface area contributed by atoms with Gasteiger partial charge in [-0.25, -0.2) is 8.42 Å². The van der Waals surface area contributed by atoms with Crippen LogP contribution in [0.25, 0.3) is 0 Å². The number of benzene rings is 2. The molecule has 1 unspecified atom stereocenters. The smallest absolute Gasteiger partial charge is 0.247 e. The first-order chi connectivity index (χ1) is 11.7. The molecule has 0 heterocycles. The van der Waals surface area contributed by atoms with Crippen LogP contribution >= 0.6 is 11.6 Å². The Hall–Kier alpha value is -2.25. The number of methoxy groups -OCH3 is 1. The van der Waals surface area contributed by atoms with Crippen molar-refractivity contribution in [2.45, 2.75) is 13.0 Å². The molecule has 2 rings (SSSR count). The zero-order valence-electron chi connectivity index (χ0n) is 14.1. The van der Waals surface area contributed by atoms with E-state index in [1.54, 1.807) is 48.5 Å². The topological polar surface area (TPSA) is 75.7 Å². The molecule has 0 spiro atoms. The van der Waals surface area contributed by atoms with Gasteiger partial charge in [0.15, 0.2) is 0 Å². The fourth-order valence-corrected chi connectivity index (χ4v) is 3.62. The summed E-state index contributed by atoms with van der Waals surface area (Å²) in [6.45, 7) is 1.52. The number of halogens is 1. The number of nitrogens with zero attached hydrogens (tertiary/aromatic N) is 1. The van der Waals surface area contributed by atoms with E-state index >= 15 is 0 Å². The quantitative estimate of drug-likeness (QED) is 0.832. The molecule has 0 aliphatic carbocycles. The van der Waals surface area contributed by atoms with Crippen LogP contribution in [-0.4, -0.2) is 33.7 Å². The third kappa shape index (κ3) is 4.87. The lowest BCUT2D eigenvalue weighted by Crippen LogP contribution is -2.45. The number of nitrogens with one attached hydrogen (secondary N) is 1. The predicted octanol–water partition coefficient (Wildman–Crippen LogP) is 3.14. The van der Waals surface area contributed by atoms with Crippen LogP contribution in [0.5, 0.6) is 5.75 Å². The van der Waals surface area contributed by atoms with Gasteiger partial charge in [0.05, 0.1) is 19.1 Å². The average Bonchev–Trinajstić information content (AvgIpc) is 2.56. The number of sulfonamides is 1. The van der Waals surface area contributed by atoms with Gasteiger partial charge in [0.2, 0.25) is 15.9 Å². The van der Waals surface area contributed by atoms with Crippen molar-refractivity contribution in [2.75, 3.05) is 23.0 Å².